The highest BCUT2D eigenvalue weighted by atomic mass is 16.1. The van der Waals surface area contributed by atoms with Crippen LogP contribution in [0.5, 0.6) is 0 Å². The normalized spacial score (nSPS) is 9.44. The zero-order chi connectivity index (χ0) is 6.69. The van der Waals surface area contributed by atoms with E-state index in [1.54, 1.807) is 13.3 Å². The molecule has 0 aliphatic rings. The van der Waals surface area contributed by atoms with Gasteiger partial charge in [-0.2, -0.15) is 4.80 Å². The van der Waals surface area contributed by atoms with E-state index in [2.05, 4.69) is 15.4 Å². The summed E-state index contributed by atoms with van der Waals surface area (Å²) in [4.78, 5) is 11.0. The molecule has 0 spiro atoms. The zero-order valence-electron chi connectivity index (χ0n) is 4.90. The summed E-state index contributed by atoms with van der Waals surface area (Å²) in [6.07, 6.45) is 1.79. The second-order valence-corrected chi connectivity index (χ2v) is 1.52. The van der Waals surface area contributed by atoms with E-state index >= 15 is 0 Å². The van der Waals surface area contributed by atoms with Crippen LogP contribution >= 0.6 is 0 Å². The molecule has 0 bridgehead atoms. The highest BCUT2D eigenvalue weighted by Gasteiger charge is 1.96. The predicted octanol–water partition coefficient (Wildman–Crippen LogP) is -1.14. The van der Waals surface area contributed by atoms with Crippen LogP contribution in [0.15, 0.2) is 0 Å². The van der Waals surface area contributed by atoms with E-state index in [0.717, 1.165) is 0 Å². The molecule has 1 rings (SSSR count). The molecule has 9 heavy (non-hydrogen) atoms. The molecule has 5 heteroatoms. The van der Waals surface area contributed by atoms with Crippen molar-refractivity contribution in [3.05, 3.63) is 5.82 Å². The number of hydrogen-bond donors (Lipinski definition) is 0. The molecule has 1 aromatic heterocycles. The summed E-state index contributed by atoms with van der Waals surface area (Å²) in [5.74, 6) is 0.410. The van der Waals surface area contributed by atoms with Crippen molar-refractivity contribution in [2.45, 2.75) is 6.42 Å². The molecule has 0 aromatic carbocycles. The number of hydrogen-bond acceptors (Lipinski definition) is 4. The van der Waals surface area contributed by atoms with Gasteiger partial charge in [0.05, 0.1) is 13.5 Å². The van der Waals surface area contributed by atoms with Gasteiger partial charge in [-0.25, -0.2) is 0 Å². The molecule has 0 fully saturated rings. The fraction of sp³-hybridized carbons (Fsp3) is 0.500. The van der Waals surface area contributed by atoms with Crippen molar-refractivity contribution in [3.8, 4) is 0 Å². The molecule has 0 aliphatic carbocycles. The molecular weight excluding hydrogens is 120 g/mol. The summed E-state index contributed by atoms with van der Waals surface area (Å²) in [6.45, 7) is 0. The Labute approximate surface area is 51.7 Å². The van der Waals surface area contributed by atoms with Crippen molar-refractivity contribution in [3.63, 3.8) is 0 Å². The van der Waals surface area contributed by atoms with Crippen LogP contribution in [-0.2, 0) is 18.3 Å². The molecule has 47 valence electrons. The van der Waals surface area contributed by atoms with Crippen molar-refractivity contribution in [1.82, 2.24) is 20.2 Å². The number of carbonyl (C=O) groups excluding carboxylic acids is 1. The van der Waals surface area contributed by atoms with E-state index in [4.69, 9.17) is 0 Å². The van der Waals surface area contributed by atoms with Gasteiger partial charge >= 0.3 is 0 Å². The van der Waals surface area contributed by atoms with Gasteiger partial charge in [-0.3, -0.25) is 4.79 Å². The number of rotatable bonds is 2. The van der Waals surface area contributed by atoms with Crippen molar-refractivity contribution < 1.29 is 4.79 Å². The molecule has 1 aromatic rings. The largest absolute Gasteiger partial charge is 0.290 e. The minimum atomic E-state index is 0.119. The first-order valence-corrected chi connectivity index (χ1v) is 2.41. The van der Waals surface area contributed by atoms with E-state index in [0.29, 0.717) is 5.82 Å². The summed E-state index contributed by atoms with van der Waals surface area (Å²) >= 11 is 0. The number of tetrazole rings is 1. The lowest BCUT2D eigenvalue weighted by molar-refractivity contribution is 0.553. The van der Waals surface area contributed by atoms with Crippen molar-refractivity contribution in [1.29, 1.82) is 0 Å². The summed E-state index contributed by atoms with van der Waals surface area (Å²) in [7, 11) is 1.64. The molecule has 0 unspecified atom stereocenters. The number of nitrogens with zero attached hydrogens (tertiary/aromatic N) is 4. The van der Waals surface area contributed by atoms with Crippen molar-refractivity contribution >= 4 is 6.29 Å². The Morgan fingerprint density at radius 3 is 3.00 bits per heavy atom. The van der Waals surface area contributed by atoms with Gasteiger partial charge in [-0.15, -0.1) is 10.2 Å². The minimum Gasteiger partial charge on any atom is -0.290 e. The van der Waals surface area contributed by atoms with Gasteiger partial charge in [0, 0.05) is 0 Å². The van der Waals surface area contributed by atoms with E-state index in [1.165, 1.54) is 4.80 Å². The Morgan fingerprint density at radius 1 is 1.78 bits per heavy atom. The molecule has 1 radical (unpaired) electrons. The fourth-order valence-corrected chi connectivity index (χ4v) is 0.459. The number of aromatic nitrogens is 4. The van der Waals surface area contributed by atoms with E-state index in [-0.39, 0.29) is 6.42 Å². The van der Waals surface area contributed by atoms with Crippen LogP contribution < -0.4 is 0 Å². The predicted molar refractivity (Wildman–Crippen MR) is 28.2 cm³/mol. The minimum absolute atomic E-state index is 0.119. The lowest BCUT2D eigenvalue weighted by Crippen LogP contribution is -1.93. The molecule has 0 saturated carbocycles. The summed E-state index contributed by atoms with van der Waals surface area (Å²) in [5.41, 5.74) is 0. The average molecular weight is 125 g/mol. The molecular formula is C4H5N4O. The Bertz CT molecular complexity index is 206. The second kappa shape index (κ2) is 2.34. The quantitative estimate of drug-likeness (QED) is 0.501. The van der Waals surface area contributed by atoms with Gasteiger partial charge in [0.15, 0.2) is 5.82 Å². The van der Waals surface area contributed by atoms with Crippen LogP contribution in [0.25, 0.3) is 0 Å². The van der Waals surface area contributed by atoms with Crippen LogP contribution in [0, 0.1) is 0 Å². The van der Waals surface area contributed by atoms with Crippen LogP contribution in [0.3, 0.4) is 0 Å². The summed E-state index contributed by atoms with van der Waals surface area (Å²) < 4.78 is 0. The molecule has 0 amide bonds. The highest BCUT2D eigenvalue weighted by Crippen LogP contribution is 1.81. The first-order chi connectivity index (χ1) is 4.33. The average Bonchev–Trinajstić information content (AvgIpc) is 2.17. The van der Waals surface area contributed by atoms with Gasteiger partial charge in [-0.05, 0) is 5.21 Å². The van der Waals surface area contributed by atoms with Gasteiger partial charge in [0.2, 0.25) is 6.29 Å². The second-order valence-electron chi connectivity index (χ2n) is 1.52. The zero-order valence-corrected chi connectivity index (χ0v) is 4.90. The Morgan fingerprint density at radius 2 is 2.56 bits per heavy atom. The fourth-order valence-electron chi connectivity index (χ4n) is 0.459. The SMILES string of the molecule is Cn1nnc(C[C]=O)n1. The molecule has 5 nitrogen and oxygen atoms in total. The van der Waals surface area contributed by atoms with Crippen LogP contribution in [0.4, 0.5) is 0 Å². The van der Waals surface area contributed by atoms with E-state index in [9.17, 15) is 4.79 Å². The third-order valence-electron chi connectivity index (χ3n) is 0.780. The number of aryl methyl sites for hydroxylation is 1. The van der Waals surface area contributed by atoms with Crippen LogP contribution in [0.2, 0.25) is 0 Å². The van der Waals surface area contributed by atoms with Crippen molar-refractivity contribution in [2.24, 2.45) is 7.05 Å². The standard InChI is InChI=1S/C4H5N4O/c1-8-6-4(2-3-9)5-7-8/h2H2,1H3. The maximum absolute atomic E-state index is 9.74. The van der Waals surface area contributed by atoms with Crippen LogP contribution in [0.1, 0.15) is 5.82 Å². The first-order valence-electron chi connectivity index (χ1n) is 2.41. The van der Waals surface area contributed by atoms with Gasteiger partial charge in [0.1, 0.15) is 0 Å². The van der Waals surface area contributed by atoms with E-state index in [1.807, 2.05) is 0 Å². The molecule has 0 aliphatic heterocycles. The Kier molecular flexibility index (Phi) is 1.53. The smallest absolute Gasteiger partial charge is 0.206 e. The Balaban J connectivity index is 2.72. The van der Waals surface area contributed by atoms with Gasteiger partial charge in [-0.1, -0.05) is 0 Å². The maximum Gasteiger partial charge on any atom is 0.206 e. The van der Waals surface area contributed by atoms with Gasteiger partial charge < -0.3 is 0 Å². The lowest BCUT2D eigenvalue weighted by atomic mass is 10.5. The third-order valence-corrected chi connectivity index (χ3v) is 0.780. The molecule has 0 saturated heterocycles. The maximum atomic E-state index is 9.74. The summed E-state index contributed by atoms with van der Waals surface area (Å²) in [6, 6.07) is 0. The van der Waals surface area contributed by atoms with E-state index < -0.39 is 0 Å². The Hall–Kier alpha value is -1.26. The molecule has 0 atom stereocenters. The summed E-state index contributed by atoms with van der Waals surface area (Å²) in [5, 5.41) is 10.8. The topological polar surface area (TPSA) is 60.7 Å². The third kappa shape index (κ3) is 1.31. The van der Waals surface area contributed by atoms with Crippen molar-refractivity contribution in [2.75, 3.05) is 0 Å². The first kappa shape index (κ1) is 5.87. The van der Waals surface area contributed by atoms with Crippen LogP contribution in [-0.4, -0.2) is 26.5 Å². The molecule has 1 heterocycles. The van der Waals surface area contributed by atoms with Gasteiger partial charge in [0.25, 0.3) is 0 Å². The highest BCUT2D eigenvalue weighted by molar-refractivity contribution is 5.53. The monoisotopic (exact) mass is 125 g/mol. The lowest BCUT2D eigenvalue weighted by Gasteiger charge is -1.76. The molecule has 0 N–H and O–H groups in total.